The third-order valence-corrected chi connectivity index (χ3v) is 5.56. The smallest absolute Gasteiger partial charge is 0.225 e. The van der Waals surface area contributed by atoms with E-state index in [-0.39, 0.29) is 17.4 Å². The van der Waals surface area contributed by atoms with Crippen molar-refractivity contribution in [3.05, 3.63) is 54.5 Å². The lowest BCUT2D eigenvalue weighted by atomic mass is 9.71. The number of anilines is 1. The molecule has 1 saturated heterocycles. The summed E-state index contributed by atoms with van der Waals surface area (Å²) >= 11 is 0. The second kappa shape index (κ2) is 6.82. The van der Waals surface area contributed by atoms with Crippen molar-refractivity contribution in [1.29, 1.82) is 0 Å². The van der Waals surface area contributed by atoms with Gasteiger partial charge in [0, 0.05) is 25.5 Å². The number of carbonyl (C=O) groups is 1. The highest BCUT2D eigenvalue weighted by molar-refractivity contribution is 5.80. The van der Waals surface area contributed by atoms with Crippen molar-refractivity contribution in [1.82, 2.24) is 15.3 Å². The summed E-state index contributed by atoms with van der Waals surface area (Å²) in [5.41, 5.74) is 1.07. The molecule has 1 aromatic carbocycles. The molecular weight excluding hydrogens is 312 g/mol. The molecule has 1 amide bonds. The maximum atomic E-state index is 13.0. The van der Waals surface area contributed by atoms with Crippen molar-refractivity contribution in [3.8, 4) is 0 Å². The van der Waals surface area contributed by atoms with Crippen LogP contribution in [0.25, 0.3) is 0 Å². The molecule has 1 atom stereocenters. The topological polar surface area (TPSA) is 58.1 Å². The average molecular weight is 336 g/mol. The number of carbonyl (C=O) groups excluding carboxylic acids is 1. The molecule has 5 nitrogen and oxygen atoms in total. The zero-order chi connectivity index (χ0) is 17.1. The van der Waals surface area contributed by atoms with Gasteiger partial charge in [0.05, 0.1) is 17.7 Å². The Labute approximate surface area is 148 Å². The number of hydrogen-bond acceptors (Lipinski definition) is 4. The van der Waals surface area contributed by atoms with E-state index in [4.69, 9.17) is 0 Å². The minimum atomic E-state index is -0.160. The predicted molar refractivity (Wildman–Crippen MR) is 97.1 cm³/mol. The first-order valence-corrected chi connectivity index (χ1v) is 9.15. The Morgan fingerprint density at radius 1 is 1.16 bits per heavy atom. The van der Waals surface area contributed by atoms with Crippen LogP contribution < -0.4 is 10.2 Å². The quantitative estimate of drug-likeness (QED) is 0.933. The minimum Gasteiger partial charge on any atom is -0.355 e. The first-order chi connectivity index (χ1) is 12.3. The van der Waals surface area contributed by atoms with Gasteiger partial charge in [-0.25, -0.2) is 4.98 Å². The highest BCUT2D eigenvalue weighted by Crippen LogP contribution is 2.41. The number of benzene rings is 1. The van der Waals surface area contributed by atoms with Crippen molar-refractivity contribution >= 4 is 11.7 Å². The molecule has 2 fully saturated rings. The van der Waals surface area contributed by atoms with Crippen LogP contribution in [0.2, 0.25) is 0 Å². The van der Waals surface area contributed by atoms with Crippen molar-refractivity contribution in [2.45, 2.75) is 37.6 Å². The van der Waals surface area contributed by atoms with E-state index in [0.29, 0.717) is 0 Å². The van der Waals surface area contributed by atoms with Gasteiger partial charge in [0.25, 0.3) is 0 Å². The fraction of sp³-hybridized carbons (Fsp3) is 0.450. The van der Waals surface area contributed by atoms with Crippen LogP contribution in [0.4, 0.5) is 5.82 Å². The largest absolute Gasteiger partial charge is 0.355 e. The number of rotatable bonds is 4. The van der Waals surface area contributed by atoms with Gasteiger partial charge in [-0.05, 0) is 37.7 Å². The highest BCUT2D eigenvalue weighted by atomic mass is 16.2. The van der Waals surface area contributed by atoms with Gasteiger partial charge < -0.3 is 10.2 Å². The number of hydrogen-bond donors (Lipinski definition) is 1. The lowest BCUT2D eigenvalue weighted by Gasteiger charge is -2.44. The molecule has 2 aromatic rings. The first kappa shape index (κ1) is 16.1. The monoisotopic (exact) mass is 336 g/mol. The Balaban J connectivity index is 1.45. The summed E-state index contributed by atoms with van der Waals surface area (Å²) in [6, 6.07) is 10.4. The number of nitrogens with one attached hydrogen (secondary N) is 1. The molecular formula is C20H24N4O. The van der Waals surface area contributed by atoms with Gasteiger partial charge in [0.2, 0.25) is 5.91 Å². The van der Waals surface area contributed by atoms with E-state index in [2.05, 4.69) is 44.5 Å². The van der Waals surface area contributed by atoms with Gasteiger partial charge in [-0.3, -0.25) is 9.78 Å². The summed E-state index contributed by atoms with van der Waals surface area (Å²) in [4.78, 5) is 23.7. The van der Waals surface area contributed by atoms with Crippen LogP contribution in [0.3, 0.4) is 0 Å². The molecule has 1 saturated carbocycles. The normalized spacial score (nSPS) is 22.1. The summed E-state index contributed by atoms with van der Waals surface area (Å²) in [5.74, 6) is 1.05. The summed E-state index contributed by atoms with van der Waals surface area (Å²) in [7, 11) is 0. The summed E-state index contributed by atoms with van der Waals surface area (Å²) in [5, 5.41) is 3.39. The molecule has 1 N–H and O–H groups in total. The van der Waals surface area contributed by atoms with E-state index >= 15 is 0 Å². The molecule has 1 aliphatic heterocycles. The zero-order valence-corrected chi connectivity index (χ0v) is 14.4. The van der Waals surface area contributed by atoms with Crippen LogP contribution in [0.1, 0.15) is 37.7 Å². The van der Waals surface area contributed by atoms with Crippen molar-refractivity contribution in [2.24, 2.45) is 5.92 Å². The molecule has 5 heteroatoms. The van der Waals surface area contributed by atoms with Gasteiger partial charge in [0.15, 0.2) is 0 Å². The van der Waals surface area contributed by atoms with Gasteiger partial charge >= 0.3 is 0 Å². The van der Waals surface area contributed by atoms with Crippen molar-refractivity contribution in [3.63, 3.8) is 0 Å². The Kier molecular flexibility index (Phi) is 4.38. The number of aromatic nitrogens is 2. The predicted octanol–water partition coefficient (Wildman–Crippen LogP) is 2.89. The van der Waals surface area contributed by atoms with Crippen LogP contribution in [0.15, 0.2) is 48.9 Å². The molecule has 0 unspecified atom stereocenters. The van der Waals surface area contributed by atoms with Gasteiger partial charge in [-0.15, -0.1) is 0 Å². The van der Waals surface area contributed by atoms with E-state index in [1.807, 2.05) is 6.07 Å². The van der Waals surface area contributed by atoms with Gasteiger partial charge in [-0.2, -0.15) is 0 Å². The third-order valence-electron chi connectivity index (χ3n) is 5.56. The molecule has 2 aliphatic rings. The minimum absolute atomic E-state index is 0.0111. The molecule has 0 bridgehead atoms. The molecule has 130 valence electrons. The summed E-state index contributed by atoms with van der Waals surface area (Å²) < 4.78 is 0. The van der Waals surface area contributed by atoms with Gasteiger partial charge in [-0.1, -0.05) is 30.3 Å². The van der Waals surface area contributed by atoms with Crippen molar-refractivity contribution < 1.29 is 4.79 Å². The maximum Gasteiger partial charge on any atom is 0.225 e. The van der Waals surface area contributed by atoms with E-state index < -0.39 is 0 Å². The fourth-order valence-electron chi connectivity index (χ4n) is 3.97. The van der Waals surface area contributed by atoms with Gasteiger partial charge in [0.1, 0.15) is 5.82 Å². The lowest BCUT2D eigenvalue weighted by Crippen LogP contribution is -2.54. The van der Waals surface area contributed by atoms with Crippen LogP contribution in [-0.4, -0.2) is 29.0 Å². The van der Waals surface area contributed by atoms with E-state index in [1.54, 1.807) is 18.6 Å². The van der Waals surface area contributed by atoms with Crippen LogP contribution in [0.5, 0.6) is 0 Å². The lowest BCUT2D eigenvalue weighted by molar-refractivity contribution is -0.128. The molecule has 25 heavy (non-hydrogen) atoms. The molecule has 0 radical (unpaired) electrons. The van der Waals surface area contributed by atoms with E-state index in [9.17, 15) is 4.79 Å². The zero-order valence-electron chi connectivity index (χ0n) is 14.4. The van der Waals surface area contributed by atoms with Crippen LogP contribution >= 0.6 is 0 Å². The second-order valence-electron chi connectivity index (χ2n) is 7.14. The Morgan fingerprint density at radius 2 is 2.00 bits per heavy atom. The molecule has 0 spiro atoms. The van der Waals surface area contributed by atoms with E-state index in [0.717, 1.165) is 44.6 Å². The SMILES string of the molecule is O=C(NC1(c2ccccc2)CCC1)[C@H]1CCCN(c2cnccn2)C1. The van der Waals surface area contributed by atoms with Crippen LogP contribution in [-0.2, 0) is 10.3 Å². The number of nitrogens with zero attached hydrogens (tertiary/aromatic N) is 3. The summed E-state index contributed by atoms with van der Waals surface area (Å²) in [6.45, 7) is 1.65. The maximum absolute atomic E-state index is 13.0. The molecule has 1 aliphatic carbocycles. The molecule has 2 heterocycles. The average Bonchev–Trinajstić information content (AvgIpc) is 2.66. The summed E-state index contributed by atoms with van der Waals surface area (Å²) in [6.07, 6.45) is 10.3. The fourth-order valence-corrected chi connectivity index (χ4v) is 3.97. The Hall–Kier alpha value is -2.43. The highest BCUT2D eigenvalue weighted by Gasteiger charge is 2.41. The Morgan fingerprint density at radius 3 is 2.68 bits per heavy atom. The van der Waals surface area contributed by atoms with Crippen LogP contribution in [0, 0.1) is 5.92 Å². The number of amides is 1. The first-order valence-electron chi connectivity index (χ1n) is 9.15. The second-order valence-corrected chi connectivity index (χ2v) is 7.14. The van der Waals surface area contributed by atoms with E-state index in [1.165, 1.54) is 12.0 Å². The van der Waals surface area contributed by atoms with Crippen molar-refractivity contribution in [2.75, 3.05) is 18.0 Å². The molecule has 4 rings (SSSR count). The Bertz CT molecular complexity index is 715. The molecule has 1 aromatic heterocycles. The standard InChI is InChI=1S/C20H24N4O/c25-19(23-20(9-5-10-20)17-7-2-1-3-8-17)16-6-4-13-24(15-16)18-14-21-11-12-22-18/h1-3,7-8,11-12,14,16H,4-6,9-10,13,15H2,(H,23,25)/t16-/m0/s1. The number of piperidine rings is 1. The third kappa shape index (κ3) is 3.23.